The largest absolute Gasteiger partial charge is 0.497 e. The number of methoxy groups -OCH3 is 1. The molecule has 28 heavy (non-hydrogen) atoms. The second-order valence-electron chi connectivity index (χ2n) is 6.04. The molecule has 1 atom stereocenters. The molecule has 0 bridgehead atoms. The van der Waals surface area contributed by atoms with Gasteiger partial charge in [-0.3, -0.25) is 9.59 Å². The van der Waals surface area contributed by atoms with Crippen LogP contribution >= 0.6 is 0 Å². The van der Waals surface area contributed by atoms with Gasteiger partial charge in [0.25, 0.3) is 5.91 Å². The number of ether oxygens (including phenoxy) is 2. The van der Waals surface area contributed by atoms with E-state index in [2.05, 4.69) is 10.0 Å². The number of carboxylic acid groups (broad SMARTS) is 1. The van der Waals surface area contributed by atoms with Crippen molar-refractivity contribution < 1.29 is 32.6 Å². The minimum Gasteiger partial charge on any atom is -0.497 e. The predicted octanol–water partition coefficient (Wildman–Crippen LogP) is 1.52. The molecule has 0 spiro atoms. The Hall–Kier alpha value is -3.11. The van der Waals surface area contributed by atoms with Crippen LogP contribution in [0.5, 0.6) is 11.5 Å². The van der Waals surface area contributed by atoms with Crippen LogP contribution in [0.25, 0.3) is 0 Å². The summed E-state index contributed by atoms with van der Waals surface area (Å²) in [6.07, 6.45) is -0.448. The van der Waals surface area contributed by atoms with Gasteiger partial charge in [0.2, 0.25) is 10.0 Å². The fourth-order valence-corrected chi connectivity index (χ4v) is 3.97. The van der Waals surface area contributed by atoms with E-state index in [1.54, 1.807) is 24.3 Å². The molecule has 1 aliphatic rings. The second-order valence-corrected chi connectivity index (χ2v) is 7.75. The van der Waals surface area contributed by atoms with Crippen molar-refractivity contribution in [1.82, 2.24) is 4.72 Å². The highest BCUT2D eigenvalue weighted by atomic mass is 32.2. The zero-order valence-corrected chi connectivity index (χ0v) is 15.7. The van der Waals surface area contributed by atoms with Crippen LogP contribution in [0.2, 0.25) is 0 Å². The Morgan fingerprint density at radius 2 is 2.00 bits per heavy atom. The molecule has 0 unspecified atom stereocenters. The summed E-state index contributed by atoms with van der Waals surface area (Å²) in [5.41, 5.74) is 0.708. The lowest BCUT2D eigenvalue weighted by Gasteiger charge is -2.20. The molecule has 3 N–H and O–H groups in total. The highest BCUT2D eigenvalue weighted by Gasteiger charge is 2.26. The molecule has 2 aromatic carbocycles. The average molecular weight is 406 g/mol. The van der Waals surface area contributed by atoms with Crippen LogP contribution in [-0.4, -0.2) is 39.1 Å². The Balaban J connectivity index is 1.89. The number of carboxylic acids is 1. The van der Waals surface area contributed by atoms with E-state index in [4.69, 9.17) is 9.47 Å². The van der Waals surface area contributed by atoms with Gasteiger partial charge < -0.3 is 19.9 Å². The van der Waals surface area contributed by atoms with Crippen LogP contribution in [0.15, 0.2) is 47.4 Å². The van der Waals surface area contributed by atoms with Gasteiger partial charge in [-0.1, -0.05) is 12.1 Å². The molecule has 10 heteroatoms. The van der Waals surface area contributed by atoms with Gasteiger partial charge in [0, 0.05) is 0 Å². The van der Waals surface area contributed by atoms with Crippen molar-refractivity contribution >= 4 is 27.6 Å². The number of nitrogens with one attached hydrogen (secondary N) is 2. The lowest BCUT2D eigenvalue weighted by Crippen LogP contribution is -2.31. The smallest absolute Gasteiger partial charge is 0.305 e. The van der Waals surface area contributed by atoms with E-state index < -0.39 is 34.4 Å². The first-order chi connectivity index (χ1) is 13.3. The molecule has 1 heterocycles. The maximum Gasteiger partial charge on any atom is 0.305 e. The third-order valence-electron chi connectivity index (χ3n) is 4.09. The van der Waals surface area contributed by atoms with Gasteiger partial charge in [0.1, 0.15) is 11.5 Å². The van der Waals surface area contributed by atoms with Crippen molar-refractivity contribution in [3.05, 3.63) is 48.0 Å². The third kappa shape index (κ3) is 4.41. The highest BCUT2D eigenvalue weighted by molar-refractivity contribution is 7.89. The Morgan fingerprint density at radius 3 is 2.64 bits per heavy atom. The molecule has 9 nitrogen and oxygen atoms in total. The van der Waals surface area contributed by atoms with Gasteiger partial charge in [-0.15, -0.1) is 0 Å². The number of benzene rings is 2. The fourth-order valence-electron chi connectivity index (χ4n) is 2.72. The van der Waals surface area contributed by atoms with Gasteiger partial charge in [-0.05, 0) is 35.9 Å². The van der Waals surface area contributed by atoms with Crippen LogP contribution in [0.4, 0.5) is 5.69 Å². The number of amides is 1. The van der Waals surface area contributed by atoms with E-state index in [-0.39, 0.29) is 17.2 Å². The van der Waals surface area contributed by atoms with E-state index in [9.17, 15) is 23.1 Å². The molecule has 1 aliphatic heterocycles. The lowest BCUT2D eigenvalue weighted by molar-refractivity contribution is -0.137. The number of carbonyl (C=O) groups is 2. The maximum atomic E-state index is 12.8. The number of aliphatic carboxylic acids is 1. The van der Waals surface area contributed by atoms with Crippen LogP contribution in [0, 0.1) is 0 Å². The summed E-state index contributed by atoms with van der Waals surface area (Å²) in [7, 11) is -2.58. The summed E-state index contributed by atoms with van der Waals surface area (Å²) in [5.74, 6) is -0.631. The highest BCUT2D eigenvalue weighted by Crippen LogP contribution is 2.31. The molecular weight excluding hydrogens is 388 g/mol. The summed E-state index contributed by atoms with van der Waals surface area (Å²) < 4.78 is 38.3. The molecule has 1 amide bonds. The van der Waals surface area contributed by atoms with Crippen molar-refractivity contribution in [3.8, 4) is 11.5 Å². The zero-order valence-electron chi connectivity index (χ0n) is 14.8. The minimum absolute atomic E-state index is 0.124. The molecule has 0 aromatic heterocycles. The molecule has 2 aromatic rings. The van der Waals surface area contributed by atoms with Gasteiger partial charge >= 0.3 is 5.97 Å². The monoisotopic (exact) mass is 406 g/mol. The van der Waals surface area contributed by atoms with E-state index in [1.165, 1.54) is 25.3 Å². The van der Waals surface area contributed by atoms with Crippen molar-refractivity contribution in [1.29, 1.82) is 0 Å². The molecular formula is C18H18N2O7S. The molecule has 0 saturated heterocycles. The first-order valence-corrected chi connectivity index (χ1v) is 9.71. The number of carbonyl (C=O) groups excluding carboxylic acids is 1. The number of fused-ring (bicyclic) bond motifs is 1. The van der Waals surface area contributed by atoms with E-state index >= 15 is 0 Å². The molecule has 0 aliphatic carbocycles. The molecule has 0 fully saturated rings. The standard InChI is InChI=1S/C18H18N2O7S/c1-26-12-4-2-11(3-5-12)14(9-18(22)23)20-28(24,25)13-6-7-16-15(8-13)19-17(21)10-27-16/h2-8,14,20H,9-10H2,1H3,(H,19,21)(H,22,23)/t14-/m1/s1. The Kier molecular flexibility index (Phi) is 5.52. The lowest BCUT2D eigenvalue weighted by atomic mass is 10.0. The van der Waals surface area contributed by atoms with Crippen LogP contribution < -0.4 is 19.5 Å². The summed E-state index contributed by atoms with van der Waals surface area (Å²) in [6.45, 7) is -0.143. The number of sulfonamides is 1. The van der Waals surface area contributed by atoms with E-state index in [0.717, 1.165) is 0 Å². The minimum atomic E-state index is -4.07. The second kappa shape index (κ2) is 7.87. The summed E-state index contributed by atoms with van der Waals surface area (Å²) in [4.78, 5) is 22.6. The molecule has 0 radical (unpaired) electrons. The van der Waals surface area contributed by atoms with Crippen LogP contribution in [-0.2, 0) is 19.6 Å². The first kappa shape index (κ1) is 19.6. The van der Waals surface area contributed by atoms with Gasteiger partial charge in [-0.2, -0.15) is 0 Å². The summed E-state index contributed by atoms with van der Waals surface area (Å²) in [6, 6.07) is 9.45. The quantitative estimate of drug-likeness (QED) is 0.635. The SMILES string of the molecule is COc1ccc([C@@H](CC(=O)O)NS(=O)(=O)c2ccc3c(c2)NC(=O)CO3)cc1. The van der Waals surface area contributed by atoms with Gasteiger partial charge in [-0.25, -0.2) is 13.1 Å². The average Bonchev–Trinajstić information content (AvgIpc) is 2.66. The number of hydrogen-bond acceptors (Lipinski definition) is 6. The number of anilines is 1. The van der Waals surface area contributed by atoms with Crippen LogP contribution in [0.1, 0.15) is 18.0 Å². The maximum absolute atomic E-state index is 12.8. The van der Waals surface area contributed by atoms with Crippen molar-refractivity contribution in [2.24, 2.45) is 0 Å². The van der Waals surface area contributed by atoms with Crippen molar-refractivity contribution in [2.75, 3.05) is 19.0 Å². The van der Waals surface area contributed by atoms with Crippen molar-refractivity contribution in [2.45, 2.75) is 17.4 Å². The number of rotatable bonds is 7. The fraction of sp³-hybridized carbons (Fsp3) is 0.222. The Labute approximate surface area is 161 Å². The topological polar surface area (TPSA) is 131 Å². The van der Waals surface area contributed by atoms with E-state index in [0.29, 0.717) is 17.1 Å². The zero-order chi connectivity index (χ0) is 20.3. The summed E-state index contributed by atoms with van der Waals surface area (Å²) in [5, 5.41) is 11.7. The van der Waals surface area contributed by atoms with E-state index in [1.807, 2.05) is 0 Å². The molecule has 3 rings (SSSR count). The Morgan fingerprint density at radius 1 is 1.29 bits per heavy atom. The summed E-state index contributed by atoms with van der Waals surface area (Å²) >= 11 is 0. The van der Waals surface area contributed by atoms with Gasteiger partial charge in [0.15, 0.2) is 6.61 Å². The number of hydrogen-bond donors (Lipinski definition) is 3. The van der Waals surface area contributed by atoms with Crippen molar-refractivity contribution in [3.63, 3.8) is 0 Å². The normalized spacial score (nSPS) is 14.4. The first-order valence-electron chi connectivity index (χ1n) is 8.23. The van der Waals surface area contributed by atoms with Crippen LogP contribution in [0.3, 0.4) is 0 Å². The molecule has 0 saturated carbocycles. The molecule has 148 valence electrons. The predicted molar refractivity (Wildman–Crippen MR) is 98.9 cm³/mol. The van der Waals surface area contributed by atoms with Gasteiger partial charge in [0.05, 0.1) is 30.2 Å². The Bertz CT molecular complexity index is 1000. The third-order valence-corrected chi connectivity index (χ3v) is 5.56.